The van der Waals surface area contributed by atoms with Crippen molar-refractivity contribution in [1.29, 1.82) is 0 Å². The van der Waals surface area contributed by atoms with Crippen molar-refractivity contribution >= 4 is 40.3 Å². The van der Waals surface area contributed by atoms with E-state index < -0.39 is 29.2 Å². The first-order chi connectivity index (χ1) is 13.7. The molecule has 0 radical (unpaired) electrons. The number of carbonyl (C=O) groups is 4. The maximum absolute atomic E-state index is 13.2. The van der Waals surface area contributed by atoms with E-state index in [4.69, 9.17) is 4.74 Å². The lowest BCUT2D eigenvalue weighted by molar-refractivity contribution is -0.143. The van der Waals surface area contributed by atoms with Crippen molar-refractivity contribution in [2.75, 3.05) is 12.0 Å². The molecular weight excluding hydrogens is 392 g/mol. The number of carbonyl (C=O) groups excluding carboxylic acids is 4. The van der Waals surface area contributed by atoms with Crippen LogP contribution in [0.4, 0.5) is 5.69 Å². The molecule has 1 unspecified atom stereocenters. The van der Waals surface area contributed by atoms with Crippen molar-refractivity contribution < 1.29 is 23.9 Å². The van der Waals surface area contributed by atoms with E-state index in [-0.39, 0.29) is 16.9 Å². The molecule has 7 nitrogen and oxygen atoms in total. The van der Waals surface area contributed by atoms with Crippen molar-refractivity contribution in [1.82, 2.24) is 5.32 Å². The monoisotopic (exact) mass is 420 g/mol. The summed E-state index contributed by atoms with van der Waals surface area (Å²) in [5.41, 5.74) is 1.52. The van der Waals surface area contributed by atoms with Gasteiger partial charge in [-0.1, -0.05) is 50.2 Å². The molecule has 0 bridgehead atoms. The minimum absolute atomic E-state index is 0.0264. The first-order valence-corrected chi connectivity index (χ1v) is 10.6. The van der Waals surface area contributed by atoms with Gasteiger partial charge in [0.25, 0.3) is 0 Å². The first kappa shape index (κ1) is 22.9. The molecule has 0 fully saturated rings. The van der Waals surface area contributed by atoms with Gasteiger partial charge < -0.3 is 10.1 Å². The molecule has 1 aliphatic heterocycles. The Kier molecular flexibility index (Phi) is 7.84. The Morgan fingerprint density at radius 2 is 1.90 bits per heavy atom. The minimum atomic E-state index is -0.861. The maximum atomic E-state index is 13.2. The number of nitrogens with one attached hydrogen (secondary N) is 1. The van der Waals surface area contributed by atoms with Gasteiger partial charge in [0.2, 0.25) is 11.8 Å². The molecule has 1 aliphatic rings. The molecule has 1 heterocycles. The van der Waals surface area contributed by atoms with E-state index >= 15 is 0 Å². The van der Waals surface area contributed by atoms with Crippen LogP contribution >= 0.6 is 11.8 Å². The highest BCUT2D eigenvalue weighted by atomic mass is 32.2. The number of benzene rings is 1. The number of nitrogens with zero attached hydrogens (tertiary/aromatic N) is 1. The maximum Gasteiger partial charge on any atom is 0.329 e. The van der Waals surface area contributed by atoms with Crippen LogP contribution in [0, 0.1) is 5.92 Å². The molecule has 2 amide bonds. The SMILES string of the molecule is CCC(C)[C@H](SC(C)=O)C(=O)N[C@@H](C)C(=O)N1c2ccccc2C[C@H]1C(=O)OC. The predicted octanol–water partition coefficient (Wildman–Crippen LogP) is 2.32. The van der Waals surface area contributed by atoms with Crippen LogP contribution in [-0.4, -0.2) is 47.3 Å². The molecule has 1 aromatic carbocycles. The summed E-state index contributed by atoms with van der Waals surface area (Å²) in [6, 6.07) is 5.66. The fourth-order valence-electron chi connectivity index (χ4n) is 3.37. The summed E-state index contributed by atoms with van der Waals surface area (Å²) < 4.78 is 4.87. The number of ether oxygens (including phenoxy) is 1. The summed E-state index contributed by atoms with van der Waals surface area (Å²) in [6.07, 6.45) is 1.09. The van der Waals surface area contributed by atoms with Gasteiger partial charge in [-0.3, -0.25) is 19.3 Å². The Labute approximate surface area is 175 Å². The highest BCUT2D eigenvalue weighted by Gasteiger charge is 2.41. The van der Waals surface area contributed by atoms with E-state index in [0.717, 1.165) is 23.7 Å². The van der Waals surface area contributed by atoms with Crippen LogP contribution < -0.4 is 10.2 Å². The third-order valence-electron chi connectivity index (χ3n) is 5.13. The number of amides is 2. The van der Waals surface area contributed by atoms with Gasteiger partial charge in [0, 0.05) is 19.0 Å². The molecular formula is C21H28N2O5S. The number of rotatable bonds is 7. The number of esters is 1. The summed E-state index contributed by atoms with van der Waals surface area (Å²) in [6.45, 7) is 6.85. The van der Waals surface area contributed by atoms with Crippen LogP contribution in [0.1, 0.15) is 39.7 Å². The van der Waals surface area contributed by atoms with E-state index in [9.17, 15) is 19.2 Å². The predicted molar refractivity (Wildman–Crippen MR) is 113 cm³/mol. The highest BCUT2D eigenvalue weighted by Crippen LogP contribution is 2.33. The lowest BCUT2D eigenvalue weighted by Crippen LogP contribution is -2.53. The number of anilines is 1. The zero-order chi connectivity index (χ0) is 21.7. The molecule has 29 heavy (non-hydrogen) atoms. The Morgan fingerprint density at radius 1 is 1.24 bits per heavy atom. The van der Waals surface area contributed by atoms with Gasteiger partial charge in [0.1, 0.15) is 12.1 Å². The van der Waals surface area contributed by atoms with Gasteiger partial charge in [-0.25, -0.2) is 4.79 Å². The highest BCUT2D eigenvalue weighted by molar-refractivity contribution is 8.14. The van der Waals surface area contributed by atoms with Gasteiger partial charge in [0.05, 0.1) is 12.4 Å². The molecule has 0 aliphatic carbocycles. The van der Waals surface area contributed by atoms with Crippen molar-refractivity contribution in [2.24, 2.45) is 5.92 Å². The molecule has 2 rings (SSSR count). The molecule has 0 aromatic heterocycles. The van der Waals surface area contributed by atoms with Crippen molar-refractivity contribution in [2.45, 2.75) is 57.9 Å². The van der Waals surface area contributed by atoms with E-state index in [1.807, 2.05) is 26.0 Å². The summed E-state index contributed by atoms with van der Waals surface area (Å²) in [5, 5.41) is 2.01. The van der Waals surface area contributed by atoms with Crippen LogP contribution in [0.2, 0.25) is 0 Å². The second-order valence-electron chi connectivity index (χ2n) is 7.23. The van der Waals surface area contributed by atoms with Crippen LogP contribution in [-0.2, 0) is 30.3 Å². The van der Waals surface area contributed by atoms with Gasteiger partial charge in [-0.2, -0.15) is 0 Å². The van der Waals surface area contributed by atoms with Gasteiger partial charge in [0.15, 0.2) is 5.12 Å². The normalized spacial score (nSPS) is 18.4. The molecule has 158 valence electrons. The third kappa shape index (κ3) is 5.18. The lowest BCUT2D eigenvalue weighted by Gasteiger charge is -2.28. The topological polar surface area (TPSA) is 92.8 Å². The molecule has 1 aromatic rings. The first-order valence-electron chi connectivity index (χ1n) is 9.67. The third-order valence-corrected chi connectivity index (χ3v) is 6.39. The second-order valence-corrected chi connectivity index (χ2v) is 8.54. The molecule has 0 saturated carbocycles. The number of para-hydroxylation sites is 1. The molecule has 4 atom stereocenters. The Bertz CT molecular complexity index is 797. The van der Waals surface area contributed by atoms with Crippen molar-refractivity contribution in [3.8, 4) is 0 Å². The zero-order valence-electron chi connectivity index (χ0n) is 17.4. The standard InChI is InChI=1S/C21H28N2O5S/c1-6-12(2)18(29-14(4)24)19(25)22-13(3)20(26)23-16-10-8-7-9-15(16)11-17(23)21(27)28-5/h7-10,12-13,17-18H,6,11H2,1-5H3,(H,22,25)/t12?,13-,17-,18-/m0/s1. The fraction of sp³-hybridized carbons (Fsp3) is 0.524. The Morgan fingerprint density at radius 3 is 2.48 bits per heavy atom. The second kappa shape index (κ2) is 9.91. The molecule has 0 saturated heterocycles. The molecule has 1 N–H and O–H groups in total. The number of hydrogen-bond acceptors (Lipinski definition) is 6. The van der Waals surface area contributed by atoms with E-state index in [2.05, 4.69) is 5.32 Å². The Hall–Kier alpha value is -2.35. The summed E-state index contributed by atoms with van der Waals surface area (Å²) in [4.78, 5) is 51.2. The van der Waals surface area contributed by atoms with Crippen LogP contribution in [0.3, 0.4) is 0 Å². The van der Waals surface area contributed by atoms with Gasteiger partial charge in [-0.05, 0) is 24.5 Å². The lowest BCUT2D eigenvalue weighted by atomic mass is 10.0. The van der Waals surface area contributed by atoms with E-state index in [1.54, 1.807) is 19.1 Å². The summed E-state index contributed by atoms with van der Waals surface area (Å²) >= 11 is 0.974. The average Bonchev–Trinajstić information content (AvgIpc) is 3.09. The van der Waals surface area contributed by atoms with Crippen LogP contribution in [0.5, 0.6) is 0 Å². The number of methoxy groups -OCH3 is 1. The van der Waals surface area contributed by atoms with Crippen molar-refractivity contribution in [3.63, 3.8) is 0 Å². The van der Waals surface area contributed by atoms with E-state index in [0.29, 0.717) is 12.1 Å². The minimum Gasteiger partial charge on any atom is -0.467 e. The van der Waals surface area contributed by atoms with Crippen LogP contribution in [0.25, 0.3) is 0 Å². The average molecular weight is 421 g/mol. The zero-order valence-corrected chi connectivity index (χ0v) is 18.2. The van der Waals surface area contributed by atoms with Gasteiger partial charge >= 0.3 is 5.97 Å². The van der Waals surface area contributed by atoms with E-state index in [1.165, 1.54) is 18.9 Å². The quantitative estimate of drug-likeness (QED) is 0.681. The Balaban J connectivity index is 2.21. The largest absolute Gasteiger partial charge is 0.467 e. The smallest absolute Gasteiger partial charge is 0.329 e. The molecule has 0 spiro atoms. The van der Waals surface area contributed by atoms with Crippen LogP contribution in [0.15, 0.2) is 24.3 Å². The number of thioether (sulfide) groups is 1. The fourth-order valence-corrected chi connectivity index (χ4v) is 4.33. The summed E-state index contributed by atoms with van der Waals surface area (Å²) in [5.74, 6) is -1.28. The molecule has 8 heteroatoms. The van der Waals surface area contributed by atoms with Crippen molar-refractivity contribution in [3.05, 3.63) is 29.8 Å². The number of fused-ring (bicyclic) bond motifs is 1. The number of hydrogen-bond donors (Lipinski definition) is 1. The summed E-state index contributed by atoms with van der Waals surface area (Å²) in [7, 11) is 1.29. The van der Waals surface area contributed by atoms with Gasteiger partial charge in [-0.15, -0.1) is 0 Å².